The van der Waals surface area contributed by atoms with Crippen molar-refractivity contribution in [1.29, 1.82) is 0 Å². The molecule has 6 heteroatoms. The molecule has 2 heterocycles. The van der Waals surface area contributed by atoms with Gasteiger partial charge in [0.25, 0.3) is 0 Å². The second-order valence-electron chi connectivity index (χ2n) is 8.67. The first kappa shape index (κ1) is 21.9. The maximum absolute atomic E-state index is 13.7. The lowest BCUT2D eigenvalue weighted by Crippen LogP contribution is -2.18. The van der Waals surface area contributed by atoms with Gasteiger partial charge in [-0.2, -0.15) is 10.2 Å². The minimum Gasteiger partial charge on any atom is -0.257 e. The van der Waals surface area contributed by atoms with Crippen LogP contribution in [0.4, 0.5) is 14.5 Å². The number of halogens is 2. The van der Waals surface area contributed by atoms with Gasteiger partial charge in [-0.3, -0.25) is 5.01 Å². The third-order valence-electron chi connectivity index (χ3n) is 6.35. The molecule has 4 aromatic carbocycles. The van der Waals surface area contributed by atoms with Crippen molar-refractivity contribution in [2.24, 2.45) is 5.10 Å². The number of nitrogens with zero attached hydrogens (tertiary/aromatic N) is 4. The summed E-state index contributed by atoms with van der Waals surface area (Å²) in [7, 11) is 0. The van der Waals surface area contributed by atoms with E-state index in [0.29, 0.717) is 6.42 Å². The molecule has 0 N–H and O–H groups in total. The third kappa shape index (κ3) is 4.18. The Morgan fingerprint density at radius 2 is 1.19 bits per heavy atom. The summed E-state index contributed by atoms with van der Waals surface area (Å²) in [4.78, 5) is 0. The molecule has 0 bridgehead atoms. The minimum atomic E-state index is -0.295. The molecule has 1 atom stereocenters. The van der Waals surface area contributed by atoms with Crippen LogP contribution in [-0.2, 0) is 0 Å². The molecular weight excluding hydrogens is 454 g/mol. The largest absolute Gasteiger partial charge is 0.257 e. The average molecular weight is 477 g/mol. The zero-order valence-corrected chi connectivity index (χ0v) is 19.3. The monoisotopic (exact) mass is 476 g/mol. The zero-order valence-electron chi connectivity index (χ0n) is 19.3. The van der Waals surface area contributed by atoms with Gasteiger partial charge < -0.3 is 0 Å². The van der Waals surface area contributed by atoms with Crippen molar-refractivity contribution in [1.82, 2.24) is 9.78 Å². The highest BCUT2D eigenvalue weighted by molar-refractivity contribution is 6.03. The van der Waals surface area contributed by atoms with E-state index in [9.17, 15) is 8.78 Å². The van der Waals surface area contributed by atoms with Crippen LogP contribution >= 0.6 is 0 Å². The first-order valence-corrected chi connectivity index (χ1v) is 11.7. The Labute approximate surface area is 207 Å². The molecule has 6 rings (SSSR count). The van der Waals surface area contributed by atoms with Gasteiger partial charge in [0.15, 0.2) is 0 Å². The van der Waals surface area contributed by atoms with Crippen LogP contribution in [0, 0.1) is 11.6 Å². The Hall–Kier alpha value is -4.58. The summed E-state index contributed by atoms with van der Waals surface area (Å²) in [6, 6.07) is 32.5. The molecule has 0 spiro atoms. The molecule has 0 amide bonds. The molecule has 1 aliphatic rings. The Bertz CT molecular complexity index is 1510. The number of hydrazone groups is 1. The van der Waals surface area contributed by atoms with E-state index in [1.165, 1.54) is 24.3 Å². The maximum atomic E-state index is 13.7. The Kier molecular flexibility index (Phi) is 5.62. The molecule has 0 aliphatic carbocycles. The van der Waals surface area contributed by atoms with Crippen molar-refractivity contribution in [3.05, 3.63) is 138 Å². The van der Waals surface area contributed by atoms with E-state index >= 15 is 0 Å². The SMILES string of the molecule is Fc1ccc(C2=NN(c3ccccc3)C(c3cn(-c4ccccc4)nc3-c3ccc(F)cc3)C2)cc1. The first-order chi connectivity index (χ1) is 17.7. The van der Waals surface area contributed by atoms with Gasteiger partial charge in [0.2, 0.25) is 0 Å². The van der Waals surface area contributed by atoms with Crippen LogP contribution in [0.25, 0.3) is 16.9 Å². The highest BCUT2D eigenvalue weighted by Crippen LogP contribution is 2.40. The highest BCUT2D eigenvalue weighted by atomic mass is 19.1. The zero-order chi connectivity index (χ0) is 24.5. The fraction of sp³-hybridized carbons (Fsp3) is 0.0667. The molecule has 0 saturated heterocycles. The van der Waals surface area contributed by atoms with E-state index < -0.39 is 0 Å². The standard InChI is InChI=1S/C30H22F2N4/c31-23-15-11-21(12-16-23)28-19-29(36(33-28)26-9-5-2-6-10-26)27-20-35(25-7-3-1-4-8-25)34-30(27)22-13-17-24(32)18-14-22/h1-18,20,29H,19H2. The topological polar surface area (TPSA) is 33.4 Å². The van der Waals surface area contributed by atoms with E-state index in [1.54, 1.807) is 24.3 Å². The average Bonchev–Trinajstić information content (AvgIpc) is 3.56. The molecule has 0 radical (unpaired) electrons. The van der Waals surface area contributed by atoms with Gasteiger partial charge in [-0.15, -0.1) is 0 Å². The number of para-hydroxylation sites is 2. The molecule has 176 valence electrons. The lowest BCUT2D eigenvalue weighted by molar-refractivity contribution is 0.627. The number of hydrogen-bond donors (Lipinski definition) is 0. The number of benzene rings is 4. The lowest BCUT2D eigenvalue weighted by atomic mass is 9.96. The molecule has 1 aromatic heterocycles. The van der Waals surface area contributed by atoms with Gasteiger partial charge in [0, 0.05) is 23.7 Å². The minimum absolute atomic E-state index is 0.162. The van der Waals surface area contributed by atoms with Crippen molar-refractivity contribution < 1.29 is 8.78 Å². The van der Waals surface area contributed by atoms with Gasteiger partial charge in [0.05, 0.1) is 28.8 Å². The predicted octanol–water partition coefficient (Wildman–Crippen LogP) is 7.17. The number of anilines is 1. The van der Waals surface area contributed by atoms with E-state index in [1.807, 2.05) is 76.6 Å². The Morgan fingerprint density at radius 1 is 0.639 bits per heavy atom. The Morgan fingerprint density at radius 3 is 1.81 bits per heavy atom. The molecule has 0 saturated carbocycles. The third-order valence-corrected chi connectivity index (χ3v) is 6.35. The fourth-order valence-corrected chi connectivity index (χ4v) is 4.56. The summed E-state index contributed by atoms with van der Waals surface area (Å²) >= 11 is 0. The van der Waals surface area contributed by atoms with Crippen molar-refractivity contribution in [2.45, 2.75) is 12.5 Å². The molecule has 1 aliphatic heterocycles. The van der Waals surface area contributed by atoms with Crippen LogP contribution in [0.1, 0.15) is 23.6 Å². The van der Waals surface area contributed by atoms with E-state index in [0.717, 1.165) is 39.5 Å². The molecule has 5 aromatic rings. The second kappa shape index (κ2) is 9.23. The number of rotatable bonds is 5. The van der Waals surface area contributed by atoms with E-state index in [2.05, 4.69) is 0 Å². The van der Waals surface area contributed by atoms with Crippen LogP contribution in [0.3, 0.4) is 0 Å². The molecular formula is C30H22F2N4. The summed E-state index contributed by atoms with van der Waals surface area (Å²) in [6.07, 6.45) is 2.63. The van der Waals surface area contributed by atoms with Crippen molar-refractivity contribution in [3.8, 4) is 16.9 Å². The smallest absolute Gasteiger partial charge is 0.123 e. The fourth-order valence-electron chi connectivity index (χ4n) is 4.56. The van der Waals surface area contributed by atoms with Crippen LogP contribution in [-0.4, -0.2) is 15.5 Å². The lowest BCUT2D eigenvalue weighted by Gasteiger charge is -2.23. The number of hydrogen-bond acceptors (Lipinski definition) is 3. The van der Waals surface area contributed by atoms with Gasteiger partial charge in [-0.05, 0) is 66.2 Å². The summed E-state index contributed by atoms with van der Waals surface area (Å²) in [5.41, 5.74) is 6.16. The van der Waals surface area contributed by atoms with Crippen LogP contribution in [0.2, 0.25) is 0 Å². The summed E-state index contributed by atoms with van der Waals surface area (Å²) in [5, 5.41) is 11.9. The van der Waals surface area contributed by atoms with Crippen molar-refractivity contribution in [2.75, 3.05) is 5.01 Å². The maximum Gasteiger partial charge on any atom is 0.123 e. The first-order valence-electron chi connectivity index (χ1n) is 11.7. The molecule has 36 heavy (non-hydrogen) atoms. The molecule has 4 nitrogen and oxygen atoms in total. The summed E-state index contributed by atoms with van der Waals surface area (Å²) in [6.45, 7) is 0. The van der Waals surface area contributed by atoms with Gasteiger partial charge in [-0.25, -0.2) is 13.5 Å². The Balaban J connectivity index is 1.49. The quantitative estimate of drug-likeness (QED) is 0.269. The van der Waals surface area contributed by atoms with Crippen molar-refractivity contribution in [3.63, 3.8) is 0 Å². The normalized spacial score (nSPS) is 15.2. The predicted molar refractivity (Wildman–Crippen MR) is 138 cm³/mol. The summed E-state index contributed by atoms with van der Waals surface area (Å²) in [5.74, 6) is -0.576. The van der Waals surface area contributed by atoms with Crippen LogP contribution in [0.15, 0.2) is 120 Å². The van der Waals surface area contributed by atoms with Gasteiger partial charge in [0.1, 0.15) is 11.6 Å². The molecule has 1 unspecified atom stereocenters. The molecule has 0 fully saturated rings. The van der Waals surface area contributed by atoms with Crippen molar-refractivity contribution >= 4 is 11.4 Å². The number of aromatic nitrogens is 2. The van der Waals surface area contributed by atoms with Crippen LogP contribution < -0.4 is 5.01 Å². The second-order valence-corrected chi connectivity index (χ2v) is 8.67. The highest BCUT2D eigenvalue weighted by Gasteiger charge is 2.33. The van der Waals surface area contributed by atoms with Gasteiger partial charge >= 0.3 is 0 Å². The van der Waals surface area contributed by atoms with E-state index in [4.69, 9.17) is 10.2 Å². The summed E-state index contributed by atoms with van der Waals surface area (Å²) < 4.78 is 29.2. The van der Waals surface area contributed by atoms with Crippen LogP contribution in [0.5, 0.6) is 0 Å². The van der Waals surface area contributed by atoms with E-state index in [-0.39, 0.29) is 17.7 Å². The van der Waals surface area contributed by atoms with Gasteiger partial charge in [-0.1, -0.05) is 48.5 Å².